The third-order valence-electron chi connectivity index (χ3n) is 3.65. The lowest BCUT2D eigenvalue weighted by Gasteiger charge is -2.12. The van der Waals surface area contributed by atoms with Gasteiger partial charge in [-0.25, -0.2) is 4.79 Å². The Morgan fingerprint density at radius 1 is 1.08 bits per heavy atom. The van der Waals surface area contributed by atoms with E-state index >= 15 is 0 Å². The Morgan fingerprint density at radius 3 is 2.19 bits per heavy atom. The summed E-state index contributed by atoms with van der Waals surface area (Å²) in [5.41, 5.74) is 2.62. The maximum absolute atomic E-state index is 12.3. The van der Waals surface area contributed by atoms with Gasteiger partial charge in [0.05, 0.1) is 12.7 Å². The molecular weight excluding hydrogens is 330 g/mol. The van der Waals surface area contributed by atoms with Gasteiger partial charge in [-0.2, -0.15) is 5.26 Å². The molecule has 1 N–H and O–H groups in total. The van der Waals surface area contributed by atoms with E-state index in [1.807, 2.05) is 49.3 Å². The summed E-state index contributed by atoms with van der Waals surface area (Å²) in [4.78, 5) is 25.7. The van der Waals surface area contributed by atoms with Crippen LogP contribution < -0.4 is 10.2 Å². The lowest BCUT2D eigenvalue weighted by atomic mass is 10.1. The van der Waals surface area contributed by atoms with Crippen molar-refractivity contribution in [2.24, 2.45) is 0 Å². The number of amides is 1. The third kappa shape index (κ3) is 4.71. The second kappa shape index (κ2) is 8.49. The first-order valence-electron chi connectivity index (χ1n) is 7.83. The van der Waals surface area contributed by atoms with Crippen LogP contribution in [-0.2, 0) is 9.53 Å². The first kappa shape index (κ1) is 18.7. The summed E-state index contributed by atoms with van der Waals surface area (Å²) in [6.07, 6.45) is 1.53. The van der Waals surface area contributed by atoms with E-state index < -0.39 is 11.9 Å². The van der Waals surface area contributed by atoms with Crippen molar-refractivity contribution in [2.45, 2.75) is 0 Å². The van der Waals surface area contributed by atoms with Crippen molar-refractivity contribution in [3.63, 3.8) is 0 Å². The fraction of sp³-hybridized carbons (Fsp3) is 0.150. The number of hydrogen-bond donors (Lipinski definition) is 1. The van der Waals surface area contributed by atoms with Crippen LogP contribution in [-0.4, -0.2) is 33.1 Å². The minimum Gasteiger partial charge on any atom is -0.465 e. The average molecular weight is 349 g/mol. The molecule has 0 radical (unpaired) electrons. The van der Waals surface area contributed by atoms with Gasteiger partial charge in [0.1, 0.15) is 11.6 Å². The number of ether oxygens (including phenoxy) is 1. The van der Waals surface area contributed by atoms with Crippen LogP contribution in [0.3, 0.4) is 0 Å². The van der Waals surface area contributed by atoms with Crippen molar-refractivity contribution in [3.8, 4) is 6.07 Å². The molecular formula is C20H19N3O3. The molecule has 2 aromatic carbocycles. The fourth-order valence-corrected chi connectivity index (χ4v) is 2.19. The minimum atomic E-state index is -0.519. The first-order valence-corrected chi connectivity index (χ1v) is 7.83. The van der Waals surface area contributed by atoms with Gasteiger partial charge in [0.15, 0.2) is 0 Å². The molecule has 6 heteroatoms. The molecule has 0 aliphatic rings. The Hall–Kier alpha value is -3.59. The Bertz CT molecular complexity index is 861. The third-order valence-corrected chi connectivity index (χ3v) is 3.65. The summed E-state index contributed by atoms with van der Waals surface area (Å²) in [5, 5.41) is 11.9. The summed E-state index contributed by atoms with van der Waals surface area (Å²) < 4.78 is 4.62. The van der Waals surface area contributed by atoms with Crippen LogP contribution in [0.2, 0.25) is 0 Å². The number of methoxy groups -OCH3 is 1. The Kier molecular flexibility index (Phi) is 6.12. The molecule has 2 aromatic rings. The molecule has 0 bridgehead atoms. The van der Waals surface area contributed by atoms with Crippen LogP contribution in [0.1, 0.15) is 15.9 Å². The Morgan fingerprint density at radius 2 is 1.69 bits per heavy atom. The summed E-state index contributed by atoms with van der Waals surface area (Å²) in [6.45, 7) is 0. The standard InChI is InChI=1S/C20H19N3O3/c1-23(2)18-10-4-14(5-11-18)12-16(13-21)19(24)22-17-8-6-15(7-9-17)20(25)26-3/h4-12H,1-3H3,(H,22,24)/b16-12+. The molecule has 26 heavy (non-hydrogen) atoms. The number of carbonyl (C=O) groups is 2. The highest BCUT2D eigenvalue weighted by Crippen LogP contribution is 2.16. The minimum absolute atomic E-state index is 0.0142. The van der Waals surface area contributed by atoms with Crippen molar-refractivity contribution in [2.75, 3.05) is 31.4 Å². The van der Waals surface area contributed by atoms with E-state index in [0.29, 0.717) is 11.3 Å². The summed E-state index contributed by atoms with van der Waals surface area (Å²) in [5.74, 6) is -0.975. The van der Waals surface area contributed by atoms with Crippen LogP contribution in [0, 0.1) is 11.3 Å². The smallest absolute Gasteiger partial charge is 0.337 e. The fourth-order valence-electron chi connectivity index (χ4n) is 2.19. The van der Waals surface area contributed by atoms with E-state index in [0.717, 1.165) is 11.3 Å². The zero-order valence-electron chi connectivity index (χ0n) is 14.8. The van der Waals surface area contributed by atoms with Gasteiger partial charge in [-0.3, -0.25) is 4.79 Å². The van der Waals surface area contributed by atoms with Crippen LogP contribution >= 0.6 is 0 Å². The van der Waals surface area contributed by atoms with Gasteiger partial charge in [-0.05, 0) is 48.0 Å². The Balaban J connectivity index is 2.13. The van der Waals surface area contributed by atoms with Crippen molar-refractivity contribution < 1.29 is 14.3 Å². The molecule has 0 aliphatic carbocycles. The monoisotopic (exact) mass is 349 g/mol. The predicted molar refractivity (Wildman–Crippen MR) is 101 cm³/mol. The second-order valence-corrected chi connectivity index (χ2v) is 5.68. The van der Waals surface area contributed by atoms with Crippen LogP contribution in [0.5, 0.6) is 0 Å². The maximum atomic E-state index is 12.3. The number of nitrogens with zero attached hydrogens (tertiary/aromatic N) is 2. The molecule has 0 heterocycles. The molecule has 132 valence electrons. The number of nitriles is 1. The first-order chi connectivity index (χ1) is 12.4. The highest BCUT2D eigenvalue weighted by molar-refractivity contribution is 6.09. The van der Waals surface area contributed by atoms with Crippen LogP contribution in [0.15, 0.2) is 54.1 Å². The van der Waals surface area contributed by atoms with E-state index in [1.165, 1.54) is 25.3 Å². The molecule has 0 aromatic heterocycles. The molecule has 0 aliphatic heterocycles. The normalized spacial score (nSPS) is 10.6. The average Bonchev–Trinajstić information content (AvgIpc) is 2.66. The number of anilines is 2. The molecule has 0 spiro atoms. The zero-order valence-corrected chi connectivity index (χ0v) is 14.8. The SMILES string of the molecule is COC(=O)c1ccc(NC(=O)/C(C#N)=C/c2ccc(N(C)C)cc2)cc1. The van der Waals surface area contributed by atoms with Gasteiger partial charge in [0.2, 0.25) is 0 Å². The highest BCUT2D eigenvalue weighted by atomic mass is 16.5. The highest BCUT2D eigenvalue weighted by Gasteiger charge is 2.11. The number of esters is 1. The molecule has 0 saturated carbocycles. The zero-order chi connectivity index (χ0) is 19.1. The van der Waals surface area contributed by atoms with Gasteiger partial charge >= 0.3 is 5.97 Å². The number of benzene rings is 2. The molecule has 6 nitrogen and oxygen atoms in total. The van der Waals surface area contributed by atoms with E-state index in [1.54, 1.807) is 12.1 Å². The van der Waals surface area contributed by atoms with E-state index in [4.69, 9.17) is 0 Å². The van der Waals surface area contributed by atoms with Crippen LogP contribution in [0.4, 0.5) is 11.4 Å². The van der Waals surface area contributed by atoms with E-state index in [2.05, 4.69) is 10.1 Å². The van der Waals surface area contributed by atoms with Gasteiger partial charge in [-0.15, -0.1) is 0 Å². The van der Waals surface area contributed by atoms with Crippen molar-refractivity contribution >= 4 is 29.3 Å². The topological polar surface area (TPSA) is 82.4 Å². The second-order valence-electron chi connectivity index (χ2n) is 5.68. The van der Waals surface area contributed by atoms with Crippen molar-refractivity contribution in [1.82, 2.24) is 0 Å². The number of carbonyl (C=O) groups excluding carboxylic acids is 2. The molecule has 0 saturated heterocycles. The summed E-state index contributed by atoms with van der Waals surface area (Å²) in [6, 6.07) is 15.6. The molecule has 0 fully saturated rings. The molecule has 1 amide bonds. The molecule has 2 rings (SSSR count). The lowest BCUT2D eigenvalue weighted by molar-refractivity contribution is -0.112. The lowest BCUT2D eigenvalue weighted by Crippen LogP contribution is -2.13. The van der Waals surface area contributed by atoms with E-state index in [-0.39, 0.29) is 5.57 Å². The maximum Gasteiger partial charge on any atom is 0.337 e. The number of hydrogen-bond acceptors (Lipinski definition) is 5. The Labute approximate surface area is 152 Å². The summed E-state index contributed by atoms with van der Waals surface area (Å²) >= 11 is 0. The quantitative estimate of drug-likeness (QED) is 0.509. The molecule has 0 atom stereocenters. The van der Waals surface area contributed by atoms with Gasteiger partial charge < -0.3 is 15.0 Å². The van der Waals surface area contributed by atoms with Crippen molar-refractivity contribution in [3.05, 3.63) is 65.2 Å². The van der Waals surface area contributed by atoms with E-state index in [9.17, 15) is 14.9 Å². The van der Waals surface area contributed by atoms with Gasteiger partial charge in [-0.1, -0.05) is 12.1 Å². The largest absolute Gasteiger partial charge is 0.465 e. The number of nitrogens with one attached hydrogen (secondary N) is 1. The molecule has 0 unspecified atom stereocenters. The number of rotatable bonds is 5. The van der Waals surface area contributed by atoms with Gasteiger partial charge in [0.25, 0.3) is 5.91 Å². The predicted octanol–water partition coefficient (Wildman–Crippen LogP) is 3.08. The summed E-state index contributed by atoms with van der Waals surface area (Å²) in [7, 11) is 5.17. The van der Waals surface area contributed by atoms with Gasteiger partial charge in [0, 0.05) is 25.5 Å². The van der Waals surface area contributed by atoms with Crippen molar-refractivity contribution in [1.29, 1.82) is 5.26 Å². The van der Waals surface area contributed by atoms with Crippen LogP contribution in [0.25, 0.3) is 6.08 Å².